The van der Waals surface area contributed by atoms with Crippen molar-refractivity contribution in [3.8, 4) is 0 Å². The van der Waals surface area contributed by atoms with E-state index in [-0.39, 0.29) is 0 Å². The molecule has 0 radical (unpaired) electrons. The number of hydrogen-bond acceptors (Lipinski definition) is 2. The van der Waals surface area contributed by atoms with Crippen LogP contribution in [0.5, 0.6) is 0 Å². The number of nitrogens with two attached hydrogens (primary N) is 1. The van der Waals surface area contributed by atoms with Gasteiger partial charge in [0.1, 0.15) is 0 Å². The lowest BCUT2D eigenvalue weighted by Crippen LogP contribution is -2.31. The molecule has 0 aromatic heterocycles. The first-order valence-electron chi connectivity index (χ1n) is 6.66. The third-order valence-corrected chi connectivity index (χ3v) is 3.53. The van der Waals surface area contributed by atoms with Gasteiger partial charge < -0.3 is 10.6 Å². The Bertz CT molecular complexity index is 322. The van der Waals surface area contributed by atoms with Gasteiger partial charge in [0, 0.05) is 19.1 Å². The highest BCUT2D eigenvalue weighted by molar-refractivity contribution is 5.27. The topological polar surface area (TPSA) is 29.3 Å². The zero-order valence-electron chi connectivity index (χ0n) is 11.4. The van der Waals surface area contributed by atoms with Gasteiger partial charge in [0.15, 0.2) is 0 Å². The number of rotatable bonds is 7. The van der Waals surface area contributed by atoms with Crippen LogP contribution in [-0.2, 0) is 13.0 Å². The molecule has 0 amide bonds. The molecule has 0 bridgehead atoms. The maximum Gasteiger partial charge on any atom is 0.0180 e. The Morgan fingerprint density at radius 1 is 1.24 bits per heavy atom. The van der Waals surface area contributed by atoms with E-state index in [1.807, 2.05) is 0 Å². The van der Waals surface area contributed by atoms with Gasteiger partial charge in [-0.25, -0.2) is 0 Å². The second-order valence-electron chi connectivity index (χ2n) is 4.84. The Kier molecular flexibility index (Phi) is 6.23. The van der Waals surface area contributed by atoms with Gasteiger partial charge in [0.2, 0.25) is 0 Å². The number of nitrogens with zero attached hydrogens (tertiary/aromatic N) is 1. The summed E-state index contributed by atoms with van der Waals surface area (Å²) in [5.74, 6) is 0. The maximum atomic E-state index is 5.75. The molecule has 0 aliphatic rings. The third kappa shape index (κ3) is 4.49. The van der Waals surface area contributed by atoms with Gasteiger partial charge in [-0.05, 0) is 37.9 Å². The molecular weight excluding hydrogens is 208 g/mol. The highest BCUT2D eigenvalue weighted by atomic mass is 15.1. The molecule has 0 saturated heterocycles. The lowest BCUT2D eigenvalue weighted by Gasteiger charge is -2.24. The fourth-order valence-electron chi connectivity index (χ4n) is 2.16. The zero-order valence-corrected chi connectivity index (χ0v) is 11.4. The fraction of sp³-hybridized carbons (Fsp3) is 0.600. The lowest BCUT2D eigenvalue weighted by atomic mass is 10.0. The second-order valence-corrected chi connectivity index (χ2v) is 4.84. The van der Waals surface area contributed by atoms with Crippen LogP contribution >= 0.6 is 0 Å². The normalized spacial score (nSPS) is 13.0. The monoisotopic (exact) mass is 234 g/mol. The van der Waals surface area contributed by atoms with Crippen molar-refractivity contribution < 1.29 is 0 Å². The third-order valence-electron chi connectivity index (χ3n) is 3.53. The van der Waals surface area contributed by atoms with Crippen molar-refractivity contribution in [1.82, 2.24) is 4.90 Å². The number of hydrogen-bond donors (Lipinski definition) is 1. The largest absolute Gasteiger partial charge is 0.326 e. The van der Waals surface area contributed by atoms with E-state index in [2.05, 4.69) is 50.1 Å². The first kappa shape index (κ1) is 14.2. The summed E-state index contributed by atoms with van der Waals surface area (Å²) in [6.07, 6.45) is 3.62. The predicted octanol–water partition coefficient (Wildman–Crippen LogP) is 2.81. The van der Waals surface area contributed by atoms with E-state index in [0.29, 0.717) is 12.6 Å². The summed E-state index contributed by atoms with van der Waals surface area (Å²) in [5.41, 5.74) is 8.43. The van der Waals surface area contributed by atoms with Gasteiger partial charge in [0.25, 0.3) is 0 Å². The first-order chi connectivity index (χ1) is 8.19. The van der Waals surface area contributed by atoms with Crippen molar-refractivity contribution in [3.05, 3.63) is 35.4 Å². The minimum atomic E-state index is 0.643. The van der Waals surface area contributed by atoms with Gasteiger partial charge in [-0.2, -0.15) is 0 Å². The van der Waals surface area contributed by atoms with Crippen molar-refractivity contribution in [3.63, 3.8) is 0 Å². The van der Waals surface area contributed by atoms with E-state index in [1.165, 1.54) is 24.0 Å². The van der Waals surface area contributed by atoms with Crippen LogP contribution in [0.3, 0.4) is 0 Å². The van der Waals surface area contributed by atoms with Crippen molar-refractivity contribution in [2.75, 3.05) is 13.6 Å². The lowest BCUT2D eigenvalue weighted by molar-refractivity contribution is 0.247. The van der Waals surface area contributed by atoms with Crippen molar-refractivity contribution >= 4 is 0 Å². The quantitative estimate of drug-likeness (QED) is 0.786. The molecular formula is C15H26N2. The summed E-state index contributed by atoms with van der Waals surface area (Å²) in [6, 6.07) is 9.16. The van der Waals surface area contributed by atoms with Crippen LogP contribution in [0.15, 0.2) is 24.3 Å². The number of benzene rings is 1. The molecule has 0 heterocycles. The van der Waals surface area contributed by atoms with E-state index in [1.54, 1.807) is 0 Å². The summed E-state index contributed by atoms with van der Waals surface area (Å²) >= 11 is 0. The molecule has 0 spiro atoms. The molecule has 0 fully saturated rings. The predicted molar refractivity (Wildman–Crippen MR) is 75.0 cm³/mol. The standard InChI is InChI=1S/C15H26N2/c1-4-7-13(2)17(3)11-10-14-8-5-6-9-15(14)12-16/h5-6,8-9,13H,4,7,10-12,16H2,1-3H3. The minimum Gasteiger partial charge on any atom is -0.326 e. The van der Waals surface area contributed by atoms with Gasteiger partial charge in [0.05, 0.1) is 0 Å². The van der Waals surface area contributed by atoms with E-state index >= 15 is 0 Å². The maximum absolute atomic E-state index is 5.75. The molecule has 1 aromatic rings. The van der Waals surface area contributed by atoms with E-state index < -0.39 is 0 Å². The Hall–Kier alpha value is -0.860. The molecule has 2 nitrogen and oxygen atoms in total. The average molecular weight is 234 g/mol. The van der Waals surface area contributed by atoms with Gasteiger partial charge in [-0.1, -0.05) is 37.6 Å². The summed E-state index contributed by atoms with van der Waals surface area (Å²) in [6.45, 7) is 6.30. The molecule has 96 valence electrons. The molecule has 1 atom stereocenters. The summed E-state index contributed by atoms with van der Waals surface area (Å²) in [4.78, 5) is 2.44. The molecule has 0 aliphatic heterocycles. The highest BCUT2D eigenvalue weighted by Gasteiger charge is 2.08. The Balaban J connectivity index is 2.49. The molecule has 0 aliphatic carbocycles. The Morgan fingerprint density at radius 2 is 1.88 bits per heavy atom. The highest BCUT2D eigenvalue weighted by Crippen LogP contribution is 2.11. The van der Waals surface area contributed by atoms with Crippen LogP contribution in [0.2, 0.25) is 0 Å². The molecule has 1 aromatic carbocycles. The SMILES string of the molecule is CCCC(C)N(C)CCc1ccccc1CN. The van der Waals surface area contributed by atoms with Crippen LogP contribution < -0.4 is 5.73 Å². The van der Waals surface area contributed by atoms with Crippen molar-refractivity contribution in [1.29, 1.82) is 0 Å². The zero-order chi connectivity index (χ0) is 12.7. The molecule has 0 saturated carbocycles. The van der Waals surface area contributed by atoms with Crippen LogP contribution in [-0.4, -0.2) is 24.5 Å². The molecule has 1 rings (SSSR count). The Labute approximate surface area is 106 Å². The van der Waals surface area contributed by atoms with Gasteiger partial charge in [-0.3, -0.25) is 0 Å². The average Bonchev–Trinajstić information content (AvgIpc) is 2.36. The molecule has 1 unspecified atom stereocenters. The van der Waals surface area contributed by atoms with Crippen LogP contribution in [0.25, 0.3) is 0 Å². The smallest absolute Gasteiger partial charge is 0.0180 e. The van der Waals surface area contributed by atoms with Gasteiger partial charge in [-0.15, -0.1) is 0 Å². The van der Waals surface area contributed by atoms with Gasteiger partial charge >= 0.3 is 0 Å². The fourth-order valence-corrected chi connectivity index (χ4v) is 2.16. The second kappa shape index (κ2) is 7.46. The molecule has 2 heteroatoms. The summed E-state index contributed by atoms with van der Waals surface area (Å²) in [5, 5.41) is 0. The molecule has 2 N–H and O–H groups in total. The van der Waals surface area contributed by atoms with E-state index in [9.17, 15) is 0 Å². The first-order valence-corrected chi connectivity index (χ1v) is 6.66. The minimum absolute atomic E-state index is 0.643. The van der Waals surface area contributed by atoms with Crippen LogP contribution in [0, 0.1) is 0 Å². The van der Waals surface area contributed by atoms with Crippen LogP contribution in [0.4, 0.5) is 0 Å². The Morgan fingerprint density at radius 3 is 2.47 bits per heavy atom. The van der Waals surface area contributed by atoms with Crippen LogP contribution in [0.1, 0.15) is 37.8 Å². The van der Waals surface area contributed by atoms with Crippen molar-refractivity contribution in [2.45, 2.75) is 45.7 Å². The van der Waals surface area contributed by atoms with E-state index in [0.717, 1.165) is 13.0 Å². The van der Waals surface area contributed by atoms with Crippen molar-refractivity contribution in [2.24, 2.45) is 5.73 Å². The summed E-state index contributed by atoms with van der Waals surface area (Å²) in [7, 11) is 2.21. The molecule has 17 heavy (non-hydrogen) atoms. The van der Waals surface area contributed by atoms with E-state index in [4.69, 9.17) is 5.73 Å². The summed E-state index contributed by atoms with van der Waals surface area (Å²) < 4.78 is 0. The number of likely N-dealkylation sites (N-methyl/N-ethyl adjacent to an activating group) is 1.